The Labute approximate surface area is 65.0 Å². The second-order valence-electron chi connectivity index (χ2n) is 2.37. The van der Waals surface area contributed by atoms with E-state index in [4.69, 9.17) is 0 Å². The second kappa shape index (κ2) is 8.56. The van der Waals surface area contributed by atoms with Gasteiger partial charge in [-0.1, -0.05) is 32.6 Å². The first kappa shape index (κ1) is 9.56. The molecule has 0 saturated carbocycles. The minimum atomic E-state index is 1.01. The zero-order valence-electron chi connectivity index (χ0n) is 6.66. The lowest BCUT2D eigenvalue weighted by molar-refractivity contribution is 0.656. The van der Waals surface area contributed by atoms with Crippen LogP contribution in [0, 0.1) is 25.7 Å². The van der Waals surface area contributed by atoms with Gasteiger partial charge in [0, 0.05) is 13.3 Å². The molecule has 0 aromatic carbocycles. The fourth-order valence-corrected chi connectivity index (χ4v) is 0.832. The smallest absolute Gasteiger partial charge is 0.0198 e. The van der Waals surface area contributed by atoms with Crippen LogP contribution in [0.3, 0.4) is 0 Å². The van der Waals surface area contributed by atoms with E-state index in [0.29, 0.717) is 0 Å². The van der Waals surface area contributed by atoms with Gasteiger partial charge in [-0.25, -0.2) is 0 Å². The van der Waals surface area contributed by atoms with Gasteiger partial charge in [-0.2, -0.15) is 0 Å². The zero-order valence-corrected chi connectivity index (χ0v) is 6.66. The summed E-state index contributed by atoms with van der Waals surface area (Å²) in [7, 11) is 0. The monoisotopic (exact) mass is 136 g/mol. The normalized spacial score (nSPS) is 8.60. The van der Waals surface area contributed by atoms with E-state index in [9.17, 15) is 0 Å². The molecule has 0 heteroatoms. The molecule has 0 unspecified atom stereocenters. The van der Waals surface area contributed by atoms with Crippen molar-refractivity contribution in [2.45, 2.75) is 38.5 Å². The topological polar surface area (TPSA) is 0 Å². The first-order chi connectivity index (χ1) is 4.91. The van der Waals surface area contributed by atoms with Crippen molar-refractivity contribution in [1.82, 2.24) is 0 Å². The van der Waals surface area contributed by atoms with Crippen LogP contribution in [0.25, 0.3) is 0 Å². The predicted octanol–water partition coefficient (Wildman–Crippen LogP) is 3.00. The summed E-state index contributed by atoms with van der Waals surface area (Å²) in [4.78, 5) is 0. The highest BCUT2D eigenvalue weighted by Crippen LogP contribution is 2.03. The molecule has 0 fully saturated rings. The maximum atomic E-state index is 3.78. The Bertz CT molecular complexity index is 103. The van der Waals surface area contributed by atoms with E-state index in [-0.39, 0.29) is 0 Å². The van der Waals surface area contributed by atoms with Gasteiger partial charge in [0.15, 0.2) is 0 Å². The molecule has 0 bridgehead atoms. The van der Waals surface area contributed by atoms with Crippen LogP contribution in [-0.2, 0) is 0 Å². The van der Waals surface area contributed by atoms with Gasteiger partial charge in [-0.3, -0.25) is 0 Å². The Hall–Kier alpha value is -0.440. The molecule has 0 aromatic heterocycles. The minimum absolute atomic E-state index is 1.01. The molecule has 0 N–H and O–H groups in total. The lowest BCUT2D eigenvalue weighted by Gasteiger charge is -1.93. The Morgan fingerprint density at radius 1 is 1.00 bits per heavy atom. The summed E-state index contributed by atoms with van der Waals surface area (Å²) in [6.45, 7) is 7.23. The van der Waals surface area contributed by atoms with Crippen molar-refractivity contribution in [1.29, 1.82) is 0 Å². The molecular formula is C10H16. The summed E-state index contributed by atoms with van der Waals surface area (Å²) in [5.41, 5.74) is 0. The molecule has 0 amide bonds. The van der Waals surface area contributed by atoms with Crippen LogP contribution in [-0.4, -0.2) is 0 Å². The van der Waals surface area contributed by atoms with Gasteiger partial charge in [-0.15, -0.1) is 11.8 Å². The minimum Gasteiger partial charge on any atom is -0.103 e. The van der Waals surface area contributed by atoms with Crippen molar-refractivity contribution in [2.75, 3.05) is 0 Å². The third kappa shape index (κ3) is 7.56. The number of hydrogen-bond acceptors (Lipinski definition) is 0. The summed E-state index contributed by atoms with van der Waals surface area (Å²) >= 11 is 0. The van der Waals surface area contributed by atoms with E-state index in [1.165, 1.54) is 25.7 Å². The predicted molar refractivity (Wildman–Crippen MR) is 46.2 cm³/mol. The van der Waals surface area contributed by atoms with Crippen LogP contribution in [0.1, 0.15) is 38.5 Å². The average molecular weight is 136 g/mol. The molecule has 0 saturated heterocycles. The van der Waals surface area contributed by atoms with Gasteiger partial charge in [0.2, 0.25) is 0 Å². The van der Waals surface area contributed by atoms with Crippen LogP contribution >= 0.6 is 0 Å². The van der Waals surface area contributed by atoms with Crippen molar-refractivity contribution in [3.63, 3.8) is 0 Å². The van der Waals surface area contributed by atoms with E-state index in [1.807, 2.05) is 0 Å². The fourth-order valence-electron chi connectivity index (χ4n) is 0.832. The quantitative estimate of drug-likeness (QED) is 0.402. The fraction of sp³-hybridized carbons (Fsp3) is 0.600. The molecule has 0 nitrogen and oxygen atoms in total. The highest BCUT2D eigenvalue weighted by molar-refractivity contribution is 5.00. The number of unbranched alkanes of at least 4 members (excludes halogenated alkanes) is 5. The van der Waals surface area contributed by atoms with Gasteiger partial charge >= 0.3 is 0 Å². The van der Waals surface area contributed by atoms with Crippen LogP contribution in [0.2, 0.25) is 0 Å². The molecular weight excluding hydrogens is 120 g/mol. The summed E-state index contributed by atoms with van der Waals surface area (Å²) in [5, 5.41) is 0. The van der Waals surface area contributed by atoms with E-state index in [0.717, 1.165) is 12.8 Å². The first-order valence-corrected chi connectivity index (χ1v) is 3.96. The summed E-state index contributed by atoms with van der Waals surface area (Å²) in [5.74, 6) is 5.59. The van der Waals surface area contributed by atoms with Gasteiger partial charge in [0.05, 0.1) is 0 Å². The number of rotatable bonds is 5. The van der Waals surface area contributed by atoms with E-state index in [2.05, 4.69) is 25.7 Å². The Balaban J connectivity index is 2.82. The third-order valence-electron chi connectivity index (χ3n) is 1.43. The van der Waals surface area contributed by atoms with Crippen LogP contribution in [0.4, 0.5) is 0 Å². The molecule has 0 aromatic rings. The Kier molecular flexibility index (Phi) is 8.18. The highest BCUT2D eigenvalue weighted by atomic mass is 13.9. The van der Waals surface area contributed by atoms with Gasteiger partial charge in [0.1, 0.15) is 0 Å². The van der Waals surface area contributed by atoms with Gasteiger partial charge in [0.25, 0.3) is 0 Å². The third-order valence-corrected chi connectivity index (χ3v) is 1.43. The first-order valence-electron chi connectivity index (χ1n) is 3.96. The van der Waals surface area contributed by atoms with E-state index >= 15 is 0 Å². The SMILES string of the molecule is [CH2]C#CCCCCCC[CH2]. The standard InChI is InChI=1S/C10H16/c1-3-5-7-9-10-8-6-4-2/h1-3,5,7-10H2. The van der Waals surface area contributed by atoms with E-state index < -0.39 is 0 Å². The summed E-state index contributed by atoms with van der Waals surface area (Å²) in [6, 6.07) is 0. The summed E-state index contributed by atoms with van der Waals surface area (Å²) in [6.07, 6.45) is 7.18. The van der Waals surface area contributed by atoms with Crippen molar-refractivity contribution in [2.24, 2.45) is 0 Å². The molecule has 0 spiro atoms. The lowest BCUT2D eigenvalue weighted by Crippen LogP contribution is -1.75. The van der Waals surface area contributed by atoms with Gasteiger partial charge < -0.3 is 0 Å². The molecule has 2 radical (unpaired) electrons. The molecule has 0 heterocycles. The second-order valence-corrected chi connectivity index (χ2v) is 2.37. The van der Waals surface area contributed by atoms with Gasteiger partial charge in [-0.05, 0) is 6.42 Å². The number of hydrogen-bond donors (Lipinski definition) is 0. The molecule has 0 aliphatic heterocycles. The van der Waals surface area contributed by atoms with E-state index in [1.54, 1.807) is 0 Å². The van der Waals surface area contributed by atoms with Crippen molar-refractivity contribution in [3.05, 3.63) is 13.8 Å². The van der Waals surface area contributed by atoms with Crippen molar-refractivity contribution >= 4 is 0 Å². The lowest BCUT2D eigenvalue weighted by atomic mass is 10.1. The maximum Gasteiger partial charge on any atom is 0.0198 e. The van der Waals surface area contributed by atoms with Crippen molar-refractivity contribution < 1.29 is 0 Å². The van der Waals surface area contributed by atoms with Crippen LogP contribution in [0.5, 0.6) is 0 Å². The Morgan fingerprint density at radius 2 is 1.70 bits per heavy atom. The van der Waals surface area contributed by atoms with Crippen LogP contribution in [0.15, 0.2) is 0 Å². The maximum absolute atomic E-state index is 3.78. The molecule has 0 aliphatic rings. The summed E-state index contributed by atoms with van der Waals surface area (Å²) < 4.78 is 0. The average Bonchev–Trinajstić information content (AvgIpc) is 1.97. The molecule has 0 atom stereocenters. The zero-order chi connectivity index (χ0) is 7.66. The van der Waals surface area contributed by atoms with Crippen LogP contribution < -0.4 is 0 Å². The Morgan fingerprint density at radius 3 is 2.30 bits per heavy atom. The van der Waals surface area contributed by atoms with Crippen molar-refractivity contribution in [3.8, 4) is 11.8 Å². The molecule has 0 aliphatic carbocycles. The molecule has 0 rings (SSSR count). The highest BCUT2D eigenvalue weighted by Gasteiger charge is 1.85. The molecule has 56 valence electrons. The largest absolute Gasteiger partial charge is 0.103 e. The molecule has 10 heavy (non-hydrogen) atoms.